The minimum absolute atomic E-state index is 0.0898. The molecule has 1 aliphatic rings. The number of allylic oxidation sites excluding steroid dienone is 1. The molecule has 5 heteroatoms. The quantitative estimate of drug-likeness (QED) is 0.807. The number of amides is 1. The van der Waals surface area contributed by atoms with Gasteiger partial charge in [-0.2, -0.15) is 0 Å². The second-order valence-corrected chi connectivity index (χ2v) is 7.14. The van der Waals surface area contributed by atoms with Gasteiger partial charge in [0.1, 0.15) is 0 Å². The summed E-state index contributed by atoms with van der Waals surface area (Å²) >= 11 is 7.49. The van der Waals surface area contributed by atoms with Crippen molar-refractivity contribution in [2.45, 2.75) is 26.2 Å². The van der Waals surface area contributed by atoms with E-state index in [2.05, 4.69) is 10.3 Å². The number of thiazole rings is 1. The van der Waals surface area contributed by atoms with Gasteiger partial charge in [-0.25, -0.2) is 4.98 Å². The first kappa shape index (κ1) is 15.3. The van der Waals surface area contributed by atoms with E-state index in [0.29, 0.717) is 11.0 Å². The first-order chi connectivity index (χ1) is 10.6. The van der Waals surface area contributed by atoms with E-state index in [9.17, 15) is 4.79 Å². The molecule has 1 heterocycles. The average molecular weight is 333 g/mol. The van der Waals surface area contributed by atoms with E-state index in [0.717, 1.165) is 27.5 Å². The summed E-state index contributed by atoms with van der Waals surface area (Å²) in [4.78, 5) is 17.3. The number of hydrogen-bond donors (Lipinski definition) is 1. The van der Waals surface area contributed by atoms with Gasteiger partial charge in [-0.3, -0.25) is 10.1 Å². The van der Waals surface area contributed by atoms with E-state index < -0.39 is 0 Å². The average Bonchev–Trinajstić information content (AvgIpc) is 3.22. The van der Waals surface area contributed by atoms with Gasteiger partial charge in [0.2, 0.25) is 5.91 Å². The molecule has 0 aliphatic heterocycles. The summed E-state index contributed by atoms with van der Waals surface area (Å²) in [6, 6.07) is 7.78. The molecule has 3 rings (SSSR count). The van der Waals surface area contributed by atoms with Crippen molar-refractivity contribution in [1.29, 1.82) is 0 Å². The number of benzene rings is 1. The Bertz CT molecular complexity index is 719. The van der Waals surface area contributed by atoms with Gasteiger partial charge >= 0.3 is 0 Å². The summed E-state index contributed by atoms with van der Waals surface area (Å²) in [5, 5.41) is 4.21. The van der Waals surface area contributed by atoms with Crippen LogP contribution in [0.3, 0.4) is 0 Å². The lowest BCUT2D eigenvalue weighted by Gasteiger charge is -1.99. The predicted octanol–water partition coefficient (Wildman–Crippen LogP) is 4.68. The summed E-state index contributed by atoms with van der Waals surface area (Å²) in [6.45, 7) is 2.02. The summed E-state index contributed by atoms with van der Waals surface area (Å²) < 4.78 is 0. The largest absolute Gasteiger partial charge is 0.298 e. The van der Waals surface area contributed by atoms with Crippen molar-refractivity contribution < 1.29 is 4.79 Å². The third-order valence-electron chi connectivity index (χ3n) is 3.63. The second-order valence-electron chi connectivity index (χ2n) is 5.59. The molecule has 1 aromatic carbocycles. The van der Waals surface area contributed by atoms with Gasteiger partial charge in [0, 0.05) is 28.6 Å². The van der Waals surface area contributed by atoms with Crippen LogP contribution in [0.5, 0.6) is 0 Å². The van der Waals surface area contributed by atoms with E-state index in [-0.39, 0.29) is 5.91 Å². The van der Waals surface area contributed by atoms with Crippen LogP contribution in [0.1, 0.15) is 30.2 Å². The maximum absolute atomic E-state index is 11.9. The molecule has 1 aliphatic carbocycles. The molecule has 0 radical (unpaired) electrons. The van der Waals surface area contributed by atoms with Gasteiger partial charge in [-0.1, -0.05) is 29.3 Å². The number of hydrogen-bond acceptors (Lipinski definition) is 3. The number of halogens is 1. The molecule has 1 saturated carbocycles. The van der Waals surface area contributed by atoms with Crippen LogP contribution in [-0.2, 0) is 11.2 Å². The number of nitrogens with zero attached hydrogens (tertiary/aromatic N) is 1. The molecular formula is C17H17ClN2OS. The third-order valence-corrected chi connectivity index (χ3v) is 4.78. The van der Waals surface area contributed by atoms with Crippen LogP contribution in [0.4, 0.5) is 5.13 Å². The zero-order valence-corrected chi connectivity index (χ0v) is 13.9. The molecule has 2 aromatic rings. The van der Waals surface area contributed by atoms with Crippen molar-refractivity contribution >= 4 is 34.0 Å². The summed E-state index contributed by atoms with van der Waals surface area (Å²) in [7, 11) is 0. The molecule has 1 aromatic heterocycles. The van der Waals surface area contributed by atoms with Crippen molar-refractivity contribution in [3.63, 3.8) is 0 Å². The van der Waals surface area contributed by atoms with Crippen LogP contribution in [0.15, 0.2) is 42.1 Å². The summed E-state index contributed by atoms with van der Waals surface area (Å²) in [5.74, 6) is 0.522. The maximum Gasteiger partial charge on any atom is 0.250 e. The van der Waals surface area contributed by atoms with Crippen LogP contribution in [0.2, 0.25) is 5.02 Å². The number of carbonyl (C=O) groups excluding carboxylic acids is 1. The van der Waals surface area contributed by atoms with E-state index in [1.54, 1.807) is 12.3 Å². The van der Waals surface area contributed by atoms with E-state index in [1.165, 1.54) is 24.2 Å². The van der Waals surface area contributed by atoms with E-state index in [4.69, 9.17) is 11.6 Å². The minimum atomic E-state index is -0.0898. The molecule has 0 saturated heterocycles. The van der Waals surface area contributed by atoms with Gasteiger partial charge in [-0.15, -0.1) is 11.3 Å². The monoisotopic (exact) mass is 332 g/mol. The molecular weight excluding hydrogens is 316 g/mol. The zero-order valence-electron chi connectivity index (χ0n) is 12.3. The van der Waals surface area contributed by atoms with Crippen molar-refractivity contribution in [2.24, 2.45) is 5.92 Å². The van der Waals surface area contributed by atoms with Gasteiger partial charge < -0.3 is 0 Å². The van der Waals surface area contributed by atoms with Gasteiger partial charge in [0.25, 0.3) is 0 Å². The van der Waals surface area contributed by atoms with Crippen molar-refractivity contribution in [3.8, 4) is 0 Å². The summed E-state index contributed by atoms with van der Waals surface area (Å²) in [6.07, 6.45) is 6.67. The number of anilines is 1. The highest BCUT2D eigenvalue weighted by Crippen LogP contribution is 2.36. The molecule has 0 bridgehead atoms. The van der Waals surface area contributed by atoms with E-state index >= 15 is 0 Å². The molecule has 114 valence electrons. The molecule has 0 unspecified atom stereocenters. The van der Waals surface area contributed by atoms with Crippen LogP contribution in [0.25, 0.3) is 0 Å². The molecule has 1 fully saturated rings. The number of rotatable bonds is 5. The molecule has 1 amide bonds. The molecule has 0 atom stereocenters. The van der Waals surface area contributed by atoms with Crippen LogP contribution < -0.4 is 5.32 Å². The van der Waals surface area contributed by atoms with Crippen LogP contribution in [0, 0.1) is 5.92 Å². The maximum atomic E-state index is 11.9. The fourth-order valence-corrected chi connectivity index (χ4v) is 3.36. The fourth-order valence-electron chi connectivity index (χ4n) is 2.30. The Hall–Kier alpha value is -1.65. The molecule has 1 N–H and O–H groups in total. The van der Waals surface area contributed by atoms with Crippen molar-refractivity contribution in [1.82, 2.24) is 4.98 Å². The number of carbonyl (C=O) groups is 1. The Morgan fingerprint density at radius 2 is 2.32 bits per heavy atom. The first-order valence-electron chi connectivity index (χ1n) is 7.28. The Labute approximate surface area is 139 Å². The first-order valence-corrected chi connectivity index (χ1v) is 8.48. The minimum Gasteiger partial charge on any atom is -0.298 e. The normalized spacial score (nSPS) is 14.9. The summed E-state index contributed by atoms with van der Waals surface area (Å²) in [5.41, 5.74) is 2.30. The standard InChI is InChI=1S/C17H17ClN2OS/c1-11(13-5-6-13)7-16(21)20-17-19-10-15(22-17)9-12-3-2-4-14(18)8-12/h2-4,7-8,10,13H,5-6,9H2,1H3,(H,19,20,21)/b11-7+. The van der Waals surface area contributed by atoms with Crippen molar-refractivity contribution in [3.05, 3.63) is 57.6 Å². The lowest BCUT2D eigenvalue weighted by molar-refractivity contribution is -0.112. The van der Waals surface area contributed by atoms with Crippen LogP contribution >= 0.6 is 22.9 Å². The Morgan fingerprint density at radius 3 is 3.05 bits per heavy atom. The number of nitrogens with one attached hydrogen (secondary N) is 1. The highest BCUT2D eigenvalue weighted by molar-refractivity contribution is 7.15. The highest BCUT2D eigenvalue weighted by Gasteiger charge is 2.23. The van der Waals surface area contributed by atoms with Gasteiger partial charge in [-0.05, 0) is 43.4 Å². The highest BCUT2D eigenvalue weighted by atomic mass is 35.5. The Morgan fingerprint density at radius 1 is 1.50 bits per heavy atom. The molecule has 22 heavy (non-hydrogen) atoms. The van der Waals surface area contributed by atoms with E-state index in [1.807, 2.05) is 31.2 Å². The zero-order chi connectivity index (χ0) is 15.5. The molecule has 3 nitrogen and oxygen atoms in total. The Kier molecular flexibility index (Phi) is 4.60. The topological polar surface area (TPSA) is 42.0 Å². The SMILES string of the molecule is C/C(=C\C(=O)Nc1ncc(Cc2cccc(Cl)c2)s1)C1CC1. The third kappa shape index (κ3) is 4.18. The van der Waals surface area contributed by atoms with Crippen molar-refractivity contribution in [2.75, 3.05) is 5.32 Å². The smallest absolute Gasteiger partial charge is 0.250 e. The van der Waals surface area contributed by atoms with Gasteiger partial charge in [0.15, 0.2) is 5.13 Å². The van der Waals surface area contributed by atoms with Crippen LogP contribution in [-0.4, -0.2) is 10.9 Å². The predicted molar refractivity (Wildman–Crippen MR) is 91.5 cm³/mol. The van der Waals surface area contributed by atoms with Gasteiger partial charge in [0.05, 0.1) is 0 Å². The Balaban J connectivity index is 1.61. The number of aromatic nitrogens is 1. The fraction of sp³-hybridized carbons (Fsp3) is 0.294. The lowest BCUT2D eigenvalue weighted by atomic mass is 10.1. The molecule has 0 spiro atoms. The second kappa shape index (κ2) is 6.63. The lowest BCUT2D eigenvalue weighted by Crippen LogP contribution is -2.08.